The number of aryl methyl sites for hydroxylation is 1. The van der Waals surface area contributed by atoms with Crippen molar-refractivity contribution in [3.05, 3.63) is 66.4 Å². The number of benzene rings is 2. The molecule has 1 aromatic heterocycles. The predicted molar refractivity (Wildman–Crippen MR) is 93.0 cm³/mol. The number of thioether (sulfide) groups is 1. The van der Waals surface area contributed by atoms with Crippen molar-refractivity contribution < 1.29 is 4.79 Å². The van der Waals surface area contributed by atoms with Crippen LogP contribution in [0.1, 0.15) is 5.56 Å². The molecule has 0 aliphatic carbocycles. The van der Waals surface area contributed by atoms with Crippen molar-refractivity contribution in [3.8, 4) is 0 Å². The van der Waals surface area contributed by atoms with Gasteiger partial charge in [-0.3, -0.25) is 14.5 Å². The summed E-state index contributed by atoms with van der Waals surface area (Å²) in [6.45, 7) is 2.07. The fourth-order valence-corrected chi connectivity index (χ4v) is 3.28. The third-order valence-electron chi connectivity index (χ3n) is 3.68. The van der Waals surface area contributed by atoms with Crippen molar-refractivity contribution in [3.63, 3.8) is 0 Å². The van der Waals surface area contributed by atoms with Crippen LogP contribution in [0.15, 0.2) is 65.7 Å². The summed E-state index contributed by atoms with van der Waals surface area (Å²) in [4.78, 5) is 13.6. The zero-order valence-corrected chi connectivity index (χ0v) is 13.5. The molecule has 3 rings (SSSR count). The van der Waals surface area contributed by atoms with Crippen LogP contribution in [-0.2, 0) is 4.79 Å². The first-order valence-electron chi connectivity index (χ1n) is 7.18. The van der Waals surface area contributed by atoms with Crippen LogP contribution in [0.5, 0.6) is 0 Å². The zero-order chi connectivity index (χ0) is 15.5. The Morgan fingerprint density at radius 2 is 1.77 bits per heavy atom. The summed E-state index contributed by atoms with van der Waals surface area (Å²) in [6.07, 6.45) is 2.01. The lowest BCUT2D eigenvalue weighted by molar-refractivity contribution is -0.117. The third kappa shape index (κ3) is 2.88. The van der Waals surface area contributed by atoms with Gasteiger partial charge in [0.25, 0.3) is 5.91 Å². The fourth-order valence-electron chi connectivity index (χ4n) is 2.45. The Morgan fingerprint density at radius 1 is 1.09 bits per heavy atom. The molecular weight excluding hydrogens is 292 g/mol. The average molecular weight is 310 g/mol. The molecule has 0 unspecified atom stereocenters. The second-order valence-corrected chi connectivity index (χ2v) is 6.24. The molecule has 112 valence electrons. The minimum absolute atomic E-state index is 0.0783. The van der Waals surface area contributed by atoms with Crippen LogP contribution in [0.4, 0.5) is 0 Å². The number of fused-ring (bicyclic) bond motifs is 1. The highest BCUT2D eigenvalue weighted by atomic mass is 32.2. The van der Waals surface area contributed by atoms with E-state index in [0.717, 1.165) is 10.4 Å². The van der Waals surface area contributed by atoms with Crippen molar-refractivity contribution >= 4 is 28.6 Å². The molecule has 1 heterocycles. The van der Waals surface area contributed by atoms with Crippen molar-refractivity contribution in [1.29, 1.82) is 0 Å². The maximum Gasteiger partial charge on any atom is 0.251 e. The summed E-state index contributed by atoms with van der Waals surface area (Å²) in [7, 11) is 1.82. The molecule has 22 heavy (non-hydrogen) atoms. The lowest BCUT2D eigenvalue weighted by atomic mass is 10.2. The number of aromatic nitrogens is 1. The molecule has 3 nitrogen and oxygen atoms in total. The standard InChI is InChI=1S/C18H18N2OS/c1-14-12-20(17-11-7-6-10-16(14)17)19(2)18(21)13-22-15-8-4-3-5-9-15/h3-12H,13H2,1-2H3. The highest BCUT2D eigenvalue weighted by molar-refractivity contribution is 8.00. The van der Waals surface area contributed by atoms with E-state index in [1.54, 1.807) is 16.8 Å². The first kappa shape index (κ1) is 14.7. The fraction of sp³-hybridized carbons (Fsp3) is 0.167. The molecule has 0 atom stereocenters. The third-order valence-corrected chi connectivity index (χ3v) is 4.68. The second kappa shape index (κ2) is 6.28. The van der Waals surface area contributed by atoms with Crippen LogP contribution in [0.3, 0.4) is 0 Å². The summed E-state index contributed by atoms with van der Waals surface area (Å²) in [5, 5.41) is 2.86. The van der Waals surface area contributed by atoms with Crippen molar-refractivity contribution in [1.82, 2.24) is 4.68 Å². The summed E-state index contributed by atoms with van der Waals surface area (Å²) >= 11 is 1.56. The van der Waals surface area contributed by atoms with Gasteiger partial charge in [-0.25, -0.2) is 0 Å². The largest absolute Gasteiger partial charge is 0.272 e. The molecule has 0 N–H and O–H groups in total. The van der Waals surface area contributed by atoms with Gasteiger partial charge in [-0.05, 0) is 30.7 Å². The van der Waals surface area contributed by atoms with E-state index >= 15 is 0 Å². The maximum absolute atomic E-state index is 12.5. The van der Waals surface area contributed by atoms with E-state index in [1.807, 2.05) is 66.5 Å². The Labute approximate surface area is 134 Å². The van der Waals surface area contributed by atoms with Gasteiger partial charge in [0.1, 0.15) is 0 Å². The van der Waals surface area contributed by atoms with Crippen molar-refractivity contribution in [2.24, 2.45) is 0 Å². The Bertz CT molecular complexity index is 795. The van der Waals surface area contributed by atoms with Crippen LogP contribution in [0.25, 0.3) is 10.9 Å². The quantitative estimate of drug-likeness (QED) is 0.684. The number of carbonyl (C=O) groups excluding carboxylic acids is 1. The van der Waals surface area contributed by atoms with E-state index in [2.05, 4.69) is 13.0 Å². The normalized spacial score (nSPS) is 10.8. The van der Waals surface area contributed by atoms with Crippen molar-refractivity contribution in [2.75, 3.05) is 17.8 Å². The molecule has 0 saturated heterocycles. The zero-order valence-electron chi connectivity index (χ0n) is 12.7. The molecule has 0 fully saturated rings. The first-order chi connectivity index (χ1) is 10.7. The molecular formula is C18H18N2OS. The van der Waals surface area contributed by atoms with E-state index in [-0.39, 0.29) is 5.91 Å². The number of nitrogens with zero attached hydrogens (tertiary/aromatic N) is 2. The van der Waals surface area contributed by atoms with Gasteiger partial charge >= 0.3 is 0 Å². The Balaban J connectivity index is 1.77. The number of hydrogen-bond acceptors (Lipinski definition) is 2. The average Bonchev–Trinajstić information content (AvgIpc) is 2.90. The number of amides is 1. The molecule has 0 bridgehead atoms. The van der Waals surface area contributed by atoms with E-state index < -0.39 is 0 Å². The molecule has 1 amide bonds. The SMILES string of the molecule is Cc1cn(N(C)C(=O)CSc2ccccc2)c2ccccc12. The molecule has 0 saturated carbocycles. The Morgan fingerprint density at radius 3 is 2.55 bits per heavy atom. The van der Waals surface area contributed by atoms with Gasteiger partial charge < -0.3 is 0 Å². The smallest absolute Gasteiger partial charge is 0.251 e. The second-order valence-electron chi connectivity index (χ2n) is 5.19. The Kier molecular flexibility index (Phi) is 4.20. The van der Waals surface area contributed by atoms with Gasteiger partial charge in [-0.2, -0.15) is 0 Å². The van der Waals surface area contributed by atoms with E-state index in [0.29, 0.717) is 5.75 Å². The molecule has 0 aliphatic rings. The highest BCUT2D eigenvalue weighted by Crippen LogP contribution is 2.21. The summed E-state index contributed by atoms with van der Waals surface area (Å²) in [5.74, 6) is 0.501. The van der Waals surface area contributed by atoms with Crippen LogP contribution < -0.4 is 5.01 Å². The molecule has 0 spiro atoms. The lowest BCUT2D eigenvalue weighted by Gasteiger charge is -2.19. The molecule has 0 radical (unpaired) electrons. The number of hydrogen-bond donors (Lipinski definition) is 0. The van der Waals surface area contributed by atoms with Crippen LogP contribution in [0, 0.1) is 6.92 Å². The van der Waals surface area contributed by atoms with E-state index in [1.165, 1.54) is 10.9 Å². The van der Waals surface area contributed by atoms with Crippen LogP contribution >= 0.6 is 11.8 Å². The molecule has 3 aromatic rings. The number of para-hydroxylation sites is 1. The topological polar surface area (TPSA) is 25.2 Å². The van der Waals surface area contributed by atoms with Crippen LogP contribution in [0.2, 0.25) is 0 Å². The molecule has 0 aliphatic heterocycles. The van der Waals surface area contributed by atoms with Crippen LogP contribution in [-0.4, -0.2) is 23.4 Å². The van der Waals surface area contributed by atoms with E-state index in [9.17, 15) is 4.79 Å². The van der Waals surface area contributed by atoms with Gasteiger partial charge in [-0.15, -0.1) is 11.8 Å². The predicted octanol–water partition coefficient (Wildman–Crippen LogP) is 3.84. The maximum atomic E-state index is 12.5. The molecule has 2 aromatic carbocycles. The first-order valence-corrected chi connectivity index (χ1v) is 8.17. The minimum Gasteiger partial charge on any atom is -0.272 e. The highest BCUT2D eigenvalue weighted by Gasteiger charge is 2.14. The number of rotatable bonds is 4. The van der Waals surface area contributed by atoms with E-state index in [4.69, 9.17) is 0 Å². The van der Waals surface area contributed by atoms with Gasteiger partial charge in [-0.1, -0.05) is 36.4 Å². The van der Waals surface area contributed by atoms with Gasteiger partial charge in [0.15, 0.2) is 0 Å². The molecule has 4 heteroatoms. The monoisotopic (exact) mass is 310 g/mol. The number of carbonyl (C=O) groups is 1. The summed E-state index contributed by atoms with van der Waals surface area (Å²) in [5.41, 5.74) is 2.23. The Hall–Kier alpha value is -2.20. The lowest BCUT2D eigenvalue weighted by Crippen LogP contribution is -2.37. The summed E-state index contributed by atoms with van der Waals surface area (Å²) in [6, 6.07) is 18.1. The van der Waals surface area contributed by atoms with Gasteiger partial charge in [0, 0.05) is 23.5 Å². The van der Waals surface area contributed by atoms with Crippen molar-refractivity contribution in [2.45, 2.75) is 11.8 Å². The summed E-state index contributed by atoms with van der Waals surface area (Å²) < 4.78 is 1.93. The van der Waals surface area contributed by atoms with Gasteiger partial charge in [0.05, 0.1) is 11.3 Å². The van der Waals surface area contributed by atoms with Gasteiger partial charge in [0.2, 0.25) is 0 Å². The minimum atomic E-state index is 0.0783.